The molecule has 6 nitrogen and oxygen atoms in total. The second-order valence-corrected chi connectivity index (χ2v) is 6.35. The second kappa shape index (κ2) is 6.55. The summed E-state index contributed by atoms with van der Waals surface area (Å²) in [5.74, 6) is 0.0198. The maximum Gasteiger partial charge on any atom is 0.418 e. The Hall–Kier alpha value is -2.29. The minimum absolute atomic E-state index is 0.0559. The van der Waals surface area contributed by atoms with Crippen LogP contribution in [0, 0.1) is 0 Å². The summed E-state index contributed by atoms with van der Waals surface area (Å²) in [7, 11) is 3.58. The Morgan fingerprint density at radius 2 is 1.80 bits per heavy atom. The Balaban J connectivity index is 1.97. The first-order valence-electron chi connectivity index (χ1n) is 7.98. The summed E-state index contributed by atoms with van der Waals surface area (Å²) in [5.41, 5.74) is 2.15. The van der Waals surface area contributed by atoms with Crippen LogP contribution in [-0.2, 0) is 11.0 Å². The molecule has 0 unspecified atom stereocenters. The van der Waals surface area contributed by atoms with Gasteiger partial charge >= 0.3 is 6.18 Å². The fourth-order valence-electron chi connectivity index (χ4n) is 3.04. The van der Waals surface area contributed by atoms with Gasteiger partial charge in [0, 0.05) is 44.5 Å². The third-order valence-electron chi connectivity index (χ3n) is 4.43. The first-order valence-corrected chi connectivity index (χ1v) is 7.98. The Kier molecular flexibility index (Phi) is 4.59. The summed E-state index contributed by atoms with van der Waals surface area (Å²) < 4.78 is 40.9. The van der Waals surface area contributed by atoms with Crippen LogP contribution in [0.4, 0.5) is 18.9 Å². The molecule has 3 rings (SSSR count). The molecule has 1 aromatic carbocycles. The van der Waals surface area contributed by atoms with Crippen molar-refractivity contribution in [2.75, 3.05) is 51.7 Å². The fourth-order valence-corrected chi connectivity index (χ4v) is 3.04. The van der Waals surface area contributed by atoms with Crippen molar-refractivity contribution in [2.24, 2.45) is 5.10 Å². The van der Waals surface area contributed by atoms with E-state index < -0.39 is 11.7 Å². The first kappa shape index (κ1) is 17.5. The minimum Gasteiger partial charge on any atom is -0.368 e. The predicted octanol–water partition coefficient (Wildman–Crippen LogP) is 1.18. The molecule has 2 aliphatic heterocycles. The fraction of sp³-hybridized carbons (Fsp3) is 0.500. The summed E-state index contributed by atoms with van der Waals surface area (Å²) in [6.07, 6.45) is -4.47. The third kappa shape index (κ3) is 3.71. The molecule has 2 heterocycles. The number of alkyl halides is 3. The zero-order valence-electron chi connectivity index (χ0n) is 14.1. The van der Waals surface area contributed by atoms with Crippen molar-refractivity contribution in [2.45, 2.75) is 6.18 Å². The minimum atomic E-state index is -4.47. The molecule has 25 heavy (non-hydrogen) atoms. The maximum atomic E-state index is 13.6. The lowest BCUT2D eigenvalue weighted by atomic mass is 10.0. The number of hydrazone groups is 1. The lowest BCUT2D eigenvalue weighted by Gasteiger charge is -2.35. The Morgan fingerprint density at radius 1 is 1.12 bits per heavy atom. The van der Waals surface area contributed by atoms with Crippen molar-refractivity contribution in [3.8, 4) is 0 Å². The highest BCUT2D eigenvalue weighted by Crippen LogP contribution is 2.38. The molecule has 0 aliphatic carbocycles. The summed E-state index contributed by atoms with van der Waals surface area (Å²) in [6.45, 7) is 2.60. The van der Waals surface area contributed by atoms with E-state index in [4.69, 9.17) is 0 Å². The standard InChI is InChI=1S/C16H20F3N5O/c1-22-5-7-24(8-6-22)13-4-3-11(9-12(13)16(17,18)19)15-21-20-14(25)10-23(15)2/h3-4,9H,5-8,10H2,1-2H3,(H,20,25). The van der Waals surface area contributed by atoms with E-state index >= 15 is 0 Å². The number of nitrogens with one attached hydrogen (secondary N) is 1. The summed E-state index contributed by atoms with van der Waals surface area (Å²) in [4.78, 5) is 16.7. The number of likely N-dealkylation sites (N-methyl/N-ethyl adjacent to an activating group) is 2. The lowest BCUT2D eigenvalue weighted by molar-refractivity contribution is -0.137. The van der Waals surface area contributed by atoms with E-state index in [1.807, 2.05) is 7.05 Å². The van der Waals surface area contributed by atoms with Crippen LogP contribution in [0.15, 0.2) is 23.3 Å². The highest BCUT2D eigenvalue weighted by Gasteiger charge is 2.36. The number of hydrogen-bond acceptors (Lipinski definition) is 5. The van der Waals surface area contributed by atoms with Crippen molar-refractivity contribution in [3.63, 3.8) is 0 Å². The Morgan fingerprint density at radius 3 is 2.40 bits per heavy atom. The first-order chi connectivity index (χ1) is 11.8. The van der Waals surface area contributed by atoms with E-state index in [1.165, 1.54) is 11.0 Å². The highest BCUT2D eigenvalue weighted by atomic mass is 19.4. The number of carbonyl (C=O) groups excluding carboxylic acids is 1. The Bertz CT molecular complexity index is 696. The molecule has 1 fully saturated rings. The van der Waals surface area contributed by atoms with Gasteiger partial charge in [-0.1, -0.05) is 0 Å². The van der Waals surface area contributed by atoms with Gasteiger partial charge in [-0.25, -0.2) is 5.43 Å². The molecule has 136 valence electrons. The van der Waals surface area contributed by atoms with Crippen molar-refractivity contribution >= 4 is 17.4 Å². The molecule has 2 aliphatic rings. The maximum absolute atomic E-state index is 13.6. The van der Waals surface area contributed by atoms with Gasteiger partial charge in [0.15, 0.2) is 5.84 Å². The van der Waals surface area contributed by atoms with E-state index in [9.17, 15) is 18.0 Å². The van der Waals surface area contributed by atoms with Gasteiger partial charge in [-0.2, -0.15) is 18.3 Å². The van der Waals surface area contributed by atoms with E-state index in [0.29, 0.717) is 24.5 Å². The molecular formula is C16H20F3N5O. The average Bonchev–Trinajstić information content (AvgIpc) is 2.54. The van der Waals surface area contributed by atoms with Crippen LogP contribution in [0.25, 0.3) is 0 Å². The number of nitrogens with zero attached hydrogens (tertiary/aromatic N) is 4. The Labute approximate surface area is 143 Å². The quantitative estimate of drug-likeness (QED) is 0.866. The molecular weight excluding hydrogens is 335 g/mol. The van der Waals surface area contributed by atoms with Gasteiger partial charge in [-0.15, -0.1) is 0 Å². The number of amides is 1. The number of anilines is 1. The van der Waals surface area contributed by atoms with E-state index in [1.54, 1.807) is 18.0 Å². The van der Waals surface area contributed by atoms with Gasteiger partial charge in [-0.05, 0) is 25.2 Å². The molecule has 1 saturated heterocycles. The van der Waals surface area contributed by atoms with Crippen molar-refractivity contribution in [3.05, 3.63) is 29.3 Å². The predicted molar refractivity (Wildman–Crippen MR) is 88.5 cm³/mol. The smallest absolute Gasteiger partial charge is 0.368 e. The van der Waals surface area contributed by atoms with Crippen LogP contribution >= 0.6 is 0 Å². The summed E-state index contributed by atoms with van der Waals surface area (Å²) in [5, 5.41) is 3.89. The topological polar surface area (TPSA) is 51.2 Å². The third-order valence-corrected chi connectivity index (χ3v) is 4.43. The van der Waals surface area contributed by atoms with Crippen LogP contribution in [0.3, 0.4) is 0 Å². The number of carbonyl (C=O) groups is 1. The zero-order chi connectivity index (χ0) is 18.2. The van der Waals surface area contributed by atoms with E-state index in [0.717, 1.165) is 19.2 Å². The van der Waals surface area contributed by atoms with E-state index in [2.05, 4.69) is 15.4 Å². The highest BCUT2D eigenvalue weighted by molar-refractivity contribution is 6.03. The molecule has 9 heteroatoms. The number of benzene rings is 1. The van der Waals surface area contributed by atoms with Crippen molar-refractivity contribution in [1.29, 1.82) is 0 Å². The molecule has 0 saturated carbocycles. The van der Waals surface area contributed by atoms with Crippen molar-refractivity contribution in [1.82, 2.24) is 15.2 Å². The number of piperazine rings is 1. The van der Waals surface area contributed by atoms with Gasteiger partial charge in [-0.3, -0.25) is 4.79 Å². The lowest BCUT2D eigenvalue weighted by Crippen LogP contribution is -2.45. The molecule has 0 radical (unpaired) electrons. The van der Waals surface area contributed by atoms with Crippen LogP contribution in [0.5, 0.6) is 0 Å². The zero-order valence-corrected chi connectivity index (χ0v) is 14.1. The van der Waals surface area contributed by atoms with Gasteiger partial charge < -0.3 is 14.7 Å². The summed E-state index contributed by atoms with van der Waals surface area (Å²) in [6, 6.07) is 4.23. The van der Waals surface area contributed by atoms with Gasteiger partial charge in [0.2, 0.25) is 0 Å². The number of hydrogen-bond donors (Lipinski definition) is 1. The van der Waals surface area contributed by atoms with Crippen LogP contribution in [0.2, 0.25) is 0 Å². The molecule has 1 N–H and O–H groups in total. The number of rotatable bonds is 2. The van der Waals surface area contributed by atoms with Gasteiger partial charge in [0.05, 0.1) is 12.1 Å². The normalized spacial score (nSPS) is 19.7. The number of amidine groups is 1. The number of halogens is 3. The molecule has 0 aromatic heterocycles. The van der Waals surface area contributed by atoms with Gasteiger partial charge in [0.1, 0.15) is 0 Å². The van der Waals surface area contributed by atoms with Crippen molar-refractivity contribution < 1.29 is 18.0 Å². The largest absolute Gasteiger partial charge is 0.418 e. The monoisotopic (exact) mass is 355 g/mol. The van der Waals surface area contributed by atoms with Crippen LogP contribution in [0.1, 0.15) is 11.1 Å². The SMILES string of the molecule is CN1CCN(c2ccc(C3=NNC(=O)CN3C)cc2C(F)(F)F)CC1. The molecule has 0 spiro atoms. The van der Waals surface area contributed by atoms with Crippen LogP contribution < -0.4 is 10.3 Å². The average molecular weight is 355 g/mol. The second-order valence-electron chi connectivity index (χ2n) is 6.35. The van der Waals surface area contributed by atoms with E-state index in [-0.39, 0.29) is 18.1 Å². The van der Waals surface area contributed by atoms with Gasteiger partial charge in [0.25, 0.3) is 5.91 Å². The molecule has 1 amide bonds. The summed E-state index contributed by atoms with van der Waals surface area (Å²) >= 11 is 0. The molecule has 1 aromatic rings. The molecule has 0 atom stereocenters. The van der Waals surface area contributed by atoms with Crippen LogP contribution in [-0.4, -0.2) is 68.4 Å². The molecule has 0 bridgehead atoms.